The smallest absolute Gasteiger partial charge is 0.137 e. The minimum absolute atomic E-state index is 0.0644. The van der Waals surface area contributed by atoms with Gasteiger partial charge in [0, 0.05) is 11.1 Å². The number of pyridine rings is 1. The Hall–Kier alpha value is -1.05. The first-order valence-electron chi connectivity index (χ1n) is 5.71. The highest BCUT2D eigenvalue weighted by Crippen LogP contribution is 2.34. The van der Waals surface area contributed by atoms with Crippen molar-refractivity contribution in [2.24, 2.45) is 0 Å². The summed E-state index contributed by atoms with van der Waals surface area (Å²) in [6, 6.07) is 2.10. The predicted octanol–water partition coefficient (Wildman–Crippen LogP) is 3.69. The SMILES string of the molecule is COc1cnc(C(C)(C)C)c(C(C)(C)C)c1. The second-order valence-electron chi connectivity index (χ2n) is 6.27. The van der Waals surface area contributed by atoms with Crippen LogP contribution in [0.3, 0.4) is 0 Å². The molecule has 0 aromatic carbocycles. The van der Waals surface area contributed by atoms with E-state index in [4.69, 9.17) is 4.74 Å². The molecule has 1 heterocycles. The van der Waals surface area contributed by atoms with Gasteiger partial charge in [-0.25, -0.2) is 0 Å². The van der Waals surface area contributed by atoms with Crippen LogP contribution in [0.4, 0.5) is 0 Å². The molecule has 0 saturated carbocycles. The Kier molecular flexibility index (Phi) is 3.32. The van der Waals surface area contributed by atoms with Gasteiger partial charge in [-0.2, -0.15) is 0 Å². The summed E-state index contributed by atoms with van der Waals surface area (Å²) in [7, 11) is 1.68. The molecule has 90 valence electrons. The predicted molar refractivity (Wildman–Crippen MR) is 68.2 cm³/mol. The molecule has 2 nitrogen and oxygen atoms in total. The summed E-state index contributed by atoms with van der Waals surface area (Å²) in [5, 5.41) is 0. The Morgan fingerprint density at radius 2 is 1.56 bits per heavy atom. The van der Waals surface area contributed by atoms with Gasteiger partial charge in [0.15, 0.2) is 0 Å². The lowest BCUT2D eigenvalue weighted by molar-refractivity contribution is 0.407. The molecule has 0 saturated heterocycles. The number of nitrogens with zero attached hydrogens (tertiary/aromatic N) is 1. The average Bonchev–Trinajstić information content (AvgIpc) is 2.14. The van der Waals surface area contributed by atoms with Gasteiger partial charge in [0.2, 0.25) is 0 Å². The van der Waals surface area contributed by atoms with Crippen LogP contribution < -0.4 is 4.74 Å². The quantitative estimate of drug-likeness (QED) is 0.721. The highest BCUT2D eigenvalue weighted by Gasteiger charge is 2.26. The van der Waals surface area contributed by atoms with Gasteiger partial charge in [-0.05, 0) is 17.0 Å². The molecule has 2 heteroatoms. The van der Waals surface area contributed by atoms with Crippen LogP contribution in [0, 0.1) is 0 Å². The molecule has 0 unspecified atom stereocenters. The molecule has 0 N–H and O–H groups in total. The van der Waals surface area contributed by atoms with Crippen LogP contribution in [-0.4, -0.2) is 12.1 Å². The Balaban J connectivity index is 3.40. The molecule has 0 radical (unpaired) electrons. The van der Waals surface area contributed by atoms with Crippen molar-refractivity contribution in [2.75, 3.05) is 7.11 Å². The molecule has 1 aromatic rings. The van der Waals surface area contributed by atoms with Crippen molar-refractivity contribution in [3.63, 3.8) is 0 Å². The highest BCUT2D eigenvalue weighted by atomic mass is 16.5. The average molecular weight is 221 g/mol. The Morgan fingerprint density at radius 3 is 1.94 bits per heavy atom. The molecular weight excluding hydrogens is 198 g/mol. The van der Waals surface area contributed by atoms with E-state index >= 15 is 0 Å². The van der Waals surface area contributed by atoms with Gasteiger partial charge in [-0.1, -0.05) is 41.5 Å². The third-order valence-corrected chi connectivity index (χ3v) is 2.62. The molecule has 16 heavy (non-hydrogen) atoms. The first-order chi connectivity index (χ1) is 7.16. The Bertz CT molecular complexity index is 369. The van der Waals surface area contributed by atoms with Gasteiger partial charge < -0.3 is 4.74 Å². The van der Waals surface area contributed by atoms with Crippen molar-refractivity contribution in [1.82, 2.24) is 4.98 Å². The van der Waals surface area contributed by atoms with Crippen molar-refractivity contribution in [1.29, 1.82) is 0 Å². The lowest BCUT2D eigenvalue weighted by Gasteiger charge is -2.29. The Labute approximate surface area is 99.0 Å². The van der Waals surface area contributed by atoms with Crippen molar-refractivity contribution in [2.45, 2.75) is 52.4 Å². The third-order valence-electron chi connectivity index (χ3n) is 2.62. The molecule has 0 aliphatic carbocycles. The van der Waals surface area contributed by atoms with Crippen LogP contribution >= 0.6 is 0 Å². The van der Waals surface area contributed by atoms with E-state index in [0.29, 0.717) is 0 Å². The van der Waals surface area contributed by atoms with E-state index in [0.717, 1.165) is 11.4 Å². The molecule has 1 aromatic heterocycles. The minimum Gasteiger partial charge on any atom is -0.495 e. The number of methoxy groups -OCH3 is 1. The molecular formula is C14H23NO. The van der Waals surface area contributed by atoms with Crippen molar-refractivity contribution >= 4 is 0 Å². The first kappa shape index (κ1) is 13.0. The van der Waals surface area contributed by atoms with Crippen LogP contribution in [0.1, 0.15) is 52.8 Å². The van der Waals surface area contributed by atoms with Gasteiger partial charge >= 0.3 is 0 Å². The van der Waals surface area contributed by atoms with E-state index < -0.39 is 0 Å². The minimum atomic E-state index is 0.0644. The first-order valence-corrected chi connectivity index (χ1v) is 5.71. The van der Waals surface area contributed by atoms with E-state index in [1.165, 1.54) is 5.56 Å². The van der Waals surface area contributed by atoms with Crippen LogP contribution in [0.15, 0.2) is 12.3 Å². The maximum absolute atomic E-state index is 5.26. The zero-order valence-electron chi connectivity index (χ0n) is 11.5. The molecule has 0 aliphatic heterocycles. The molecule has 0 fully saturated rings. The summed E-state index contributed by atoms with van der Waals surface area (Å²) in [5.74, 6) is 0.831. The van der Waals surface area contributed by atoms with Gasteiger partial charge in [-0.3, -0.25) is 4.98 Å². The topological polar surface area (TPSA) is 22.1 Å². The Morgan fingerprint density at radius 1 is 1.00 bits per heavy atom. The van der Waals surface area contributed by atoms with E-state index in [9.17, 15) is 0 Å². The van der Waals surface area contributed by atoms with E-state index in [1.54, 1.807) is 13.3 Å². The fourth-order valence-corrected chi connectivity index (χ4v) is 1.73. The molecule has 1 rings (SSSR count). The van der Waals surface area contributed by atoms with Crippen molar-refractivity contribution < 1.29 is 4.74 Å². The lowest BCUT2D eigenvalue weighted by atomic mass is 9.78. The molecule has 0 atom stereocenters. The van der Waals surface area contributed by atoms with E-state index in [-0.39, 0.29) is 10.8 Å². The number of hydrogen-bond donors (Lipinski definition) is 0. The maximum atomic E-state index is 5.26. The van der Waals surface area contributed by atoms with Gasteiger partial charge in [-0.15, -0.1) is 0 Å². The van der Waals surface area contributed by atoms with Gasteiger partial charge in [0.1, 0.15) is 5.75 Å². The standard InChI is InChI=1S/C14H23NO/c1-13(2,3)11-8-10(16-7)9-15-12(11)14(4,5)6/h8-9H,1-7H3. The zero-order valence-corrected chi connectivity index (χ0v) is 11.5. The highest BCUT2D eigenvalue weighted by molar-refractivity contribution is 5.37. The fraction of sp³-hybridized carbons (Fsp3) is 0.643. The lowest BCUT2D eigenvalue weighted by Crippen LogP contribution is -2.23. The normalized spacial score (nSPS) is 12.7. The number of ether oxygens (including phenoxy) is 1. The summed E-state index contributed by atoms with van der Waals surface area (Å²) in [6.45, 7) is 13.2. The summed E-state index contributed by atoms with van der Waals surface area (Å²) in [5.41, 5.74) is 2.57. The summed E-state index contributed by atoms with van der Waals surface area (Å²) in [4.78, 5) is 4.56. The monoisotopic (exact) mass is 221 g/mol. The third kappa shape index (κ3) is 2.75. The van der Waals surface area contributed by atoms with Crippen LogP contribution in [0.2, 0.25) is 0 Å². The number of rotatable bonds is 1. The van der Waals surface area contributed by atoms with Gasteiger partial charge in [0.25, 0.3) is 0 Å². The van der Waals surface area contributed by atoms with Crippen LogP contribution in [0.25, 0.3) is 0 Å². The second-order valence-corrected chi connectivity index (χ2v) is 6.27. The van der Waals surface area contributed by atoms with Crippen molar-refractivity contribution in [3.05, 3.63) is 23.5 Å². The number of hydrogen-bond acceptors (Lipinski definition) is 2. The molecule has 0 bridgehead atoms. The van der Waals surface area contributed by atoms with Crippen LogP contribution in [-0.2, 0) is 10.8 Å². The molecule has 0 spiro atoms. The maximum Gasteiger partial charge on any atom is 0.137 e. The van der Waals surface area contributed by atoms with E-state index in [1.807, 2.05) is 0 Å². The molecule has 0 amide bonds. The van der Waals surface area contributed by atoms with Crippen molar-refractivity contribution in [3.8, 4) is 5.75 Å². The summed E-state index contributed by atoms with van der Waals surface area (Å²) < 4.78 is 5.26. The summed E-state index contributed by atoms with van der Waals surface area (Å²) >= 11 is 0. The molecule has 0 aliphatic rings. The van der Waals surface area contributed by atoms with Gasteiger partial charge in [0.05, 0.1) is 13.3 Å². The largest absolute Gasteiger partial charge is 0.495 e. The second kappa shape index (κ2) is 4.08. The summed E-state index contributed by atoms with van der Waals surface area (Å²) in [6.07, 6.45) is 1.80. The number of aromatic nitrogens is 1. The van der Waals surface area contributed by atoms with E-state index in [2.05, 4.69) is 52.6 Å². The van der Waals surface area contributed by atoms with Crippen LogP contribution in [0.5, 0.6) is 5.75 Å². The fourth-order valence-electron chi connectivity index (χ4n) is 1.73. The zero-order chi connectivity index (χ0) is 12.6.